The van der Waals surface area contributed by atoms with E-state index in [9.17, 15) is 9.18 Å². The molecule has 2 aromatic carbocycles. The summed E-state index contributed by atoms with van der Waals surface area (Å²) in [6, 6.07) is 14.1. The van der Waals surface area contributed by atoms with Gasteiger partial charge in [0, 0.05) is 51.0 Å². The maximum absolute atomic E-state index is 14.1. The third-order valence-corrected chi connectivity index (χ3v) is 6.51. The van der Waals surface area contributed by atoms with Crippen molar-refractivity contribution in [3.05, 3.63) is 76.7 Å². The molecule has 0 bridgehead atoms. The molecule has 0 N–H and O–H groups in total. The third-order valence-electron chi connectivity index (χ3n) is 6.51. The number of amides is 1. The number of hydrogen-bond acceptors (Lipinski definition) is 5. The number of halogens is 1. The standard InChI is InChI=1S/C27H34FN5O2/c1-20-8-10-22(11-9-20)27(34)32(16-17-35-4)19-25-21(2)29-33(24-7-5-6-23(28)18-24)26(25)31-14-12-30(3)13-15-31/h5-11,18H,12-17,19H2,1-4H3. The van der Waals surface area contributed by atoms with Gasteiger partial charge in [0.2, 0.25) is 0 Å². The number of ether oxygens (including phenoxy) is 1. The van der Waals surface area contributed by atoms with E-state index >= 15 is 0 Å². The molecule has 0 unspecified atom stereocenters. The van der Waals surface area contributed by atoms with Gasteiger partial charge >= 0.3 is 0 Å². The van der Waals surface area contributed by atoms with Crippen LogP contribution in [0.1, 0.15) is 27.2 Å². The highest BCUT2D eigenvalue weighted by Gasteiger charge is 2.27. The summed E-state index contributed by atoms with van der Waals surface area (Å²) in [6.07, 6.45) is 0. The van der Waals surface area contributed by atoms with Crippen molar-refractivity contribution in [1.29, 1.82) is 0 Å². The predicted octanol–water partition coefficient (Wildman–Crippen LogP) is 3.67. The second kappa shape index (κ2) is 11.0. The van der Waals surface area contributed by atoms with Crippen LogP contribution in [0.2, 0.25) is 0 Å². The van der Waals surface area contributed by atoms with E-state index in [2.05, 4.69) is 16.8 Å². The third kappa shape index (κ3) is 5.71. The molecule has 0 spiro atoms. The Kier molecular flexibility index (Phi) is 7.83. The molecule has 7 nitrogen and oxygen atoms in total. The lowest BCUT2D eigenvalue weighted by Crippen LogP contribution is -2.45. The van der Waals surface area contributed by atoms with Gasteiger partial charge in [-0.3, -0.25) is 4.79 Å². The Morgan fingerprint density at radius 1 is 1.09 bits per heavy atom. The van der Waals surface area contributed by atoms with Gasteiger partial charge in [0.05, 0.1) is 24.5 Å². The van der Waals surface area contributed by atoms with E-state index in [0.29, 0.717) is 30.9 Å². The normalized spacial score (nSPS) is 14.4. The minimum atomic E-state index is -0.308. The lowest BCUT2D eigenvalue weighted by Gasteiger charge is -2.35. The van der Waals surface area contributed by atoms with Crippen molar-refractivity contribution in [2.75, 3.05) is 58.4 Å². The maximum Gasteiger partial charge on any atom is 0.254 e. The lowest BCUT2D eigenvalue weighted by atomic mass is 10.1. The first kappa shape index (κ1) is 24.9. The first-order valence-corrected chi connectivity index (χ1v) is 12.0. The zero-order valence-electron chi connectivity index (χ0n) is 21.0. The van der Waals surface area contributed by atoms with E-state index in [1.165, 1.54) is 12.1 Å². The van der Waals surface area contributed by atoms with Crippen LogP contribution in [0.4, 0.5) is 10.2 Å². The van der Waals surface area contributed by atoms with Crippen LogP contribution in [0.25, 0.3) is 5.69 Å². The number of benzene rings is 2. The molecule has 35 heavy (non-hydrogen) atoms. The Hall–Kier alpha value is -3.23. The minimum Gasteiger partial charge on any atom is -0.383 e. The van der Waals surface area contributed by atoms with Crippen LogP contribution >= 0.6 is 0 Å². The number of carbonyl (C=O) groups is 1. The van der Waals surface area contributed by atoms with Crippen LogP contribution in [0, 0.1) is 19.7 Å². The molecule has 1 saturated heterocycles. The molecule has 3 aromatic rings. The van der Waals surface area contributed by atoms with Gasteiger partial charge in [-0.2, -0.15) is 5.10 Å². The van der Waals surface area contributed by atoms with Crippen molar-refractivity contribution in [3.63, 3.8) is 0 Å². The monoisotopic (exact) mass is 479 g/mol. The fourth-order valence-corrected chi connectivity index (χ4v) is 4.39. The van der Waals surface area contributed by atoms with Crippen molar-refractivity contribution < 1.29 is 13.9 Å². The van der Waals surface area contributed by atoms with E-state index in [0.717, 1.165) is 48.8 Å². The Morgan fingerprint density at radius 2 is 1.80 bits per heavy atom. The molecule has 0 aliphatic carbocycles. The molecule has 1 aliphatic rings. The topological polar surface area (TPSA) is 53.8 Å². The van der Waals surface area contributed by atoms with E-state index in [1.807, 2.05) is 53.8 Å². The number of aromatic nitrogens is 2. The fourth-order valence-electron chi connectivity index (χ4n) is 4.39. The molecule has 8 heteroatoms. The molecule has 1 aliphatic heterocycles. The molecule has 0 saturated carbocycles. The summed E-state index contributed by atoms with van der Waals surface area (Å²) in [5, 5.41) is 4.82. The minimum absolute atomic E-state index is 0.0516. The average molecular weight is 480 g/mol. The van der Waals surface area contributed by atoms with E-state index in [-0.39, 0.29) is 11.7 Å². The summed E-state index contributed by atoms with van der Waals surface area (Å²) in [5.41, 5.74) is 4.21. The zero-order chi connectivity index (χ0) is 24.9. The van der Waals surface area contributed by atoms with Gasteiger partial charge < -0.3 is 19.4 Å². The van der Waals surface area contributed by atoms with Gasteiger partial charge in [0.1, 0.15) is 11.6 Å². The first-order chi connectivity index (χ1) is 16.9. The molecule has 1 amide bonds. The number of carbonyl (C=O) groups excluding carboxylic acids is 1. The number of likely N-dealkylation sites (N-methyl/N-ethyl adjacent to an activating group) is 1. The fraction of sp³-hybridized carbons (Fsp3) is 0.407. The smallest absolute Gasteiger partial charge is 0.254 e. The SMILES string of the molecule is COCCN(Cc1c(C)nn(-c2cccc(F)c2)c1N1CCN(C)CC1)C(=O)c1ccc(C)cc1. The van der Waals surface area contributed by atoms with Crippen LogP contribution in [0.3, 0.4) is 0 Å². The van der Waals surface area contributed by atoms with E-state index < -0.39 is 0 Å². The van der Waals surface area contributed by atoms with Gasteiger partial charge in [-0.05, 0) is 51.2 Å². The van der Waals surface area contributed by atoms with Gasteiger partial charge in [-0.25, -0.2) is 9.07 Å². The van der Waals surface area contributed by atoms with Crippen LogP contribution in [0.15, 0.2) is 48.5 Å². The number of methoxy groups -OCH3 is 1. The van der Waals surface area contributed by atoms with Crippen LogP contribution < -0.4 is 4.90 Å². The highest BCUT2D eigenvalue weighted by molar-refractivity contribution is 5.94. The number of rotatable bonds is 8. The quantitative estimate of drug-likeness (QED) is 0.494. The van der Waals surface area contributed by atoms with Crippen LogP contribution in [0.5, 0.6) is 0 Å². The summed E-state index contributed by atoms with van der Waals surface area (Å²) >= 11 is 0. The van der Waals surface area contributed by atoms with Gasteiger partial charge in [0.15, 0.2) is 0 Å². The highest BCUT2D eigenvalue weighted by Crippen LogP contribution is 2.30. The Balaban J connectivity index is 1.74. The Labute approximate surface area is 206 Å². The second-order valence-electron chi connectivity index (χ2n) is 9.16. The van der Waals surface area contributed by atoms with Gasteiger partial charge in [0.25, 0.3) is 5.91 Å². The largest absolute Gasteiger partial charge is 0.383 e. The Morgan fingerprint density at radius 3 is 2.46 bits per heavy atom. The average Bonchev–Trinajstić information content (AvgIpc) is 3.18. The van der Waals surface area contributed by atoms with Gasteiger partial charge in [-0.15, -0.1) is 0 Å². The van der Waals surface area contributed by atoms with Crippen LogP contribution in [-0.2, 0) is 11.3 Å². The van der Waals surface area contributed by atoms with E-state index in [1.54, 1.807) is 13.2 Å². The molecule has 1 aromatic heterocycles. The maximum atomic E-state index is 14.1. The van der Waals surface area contributed by atoms with Crippen molar-refractivity contribution in [2.24, 2.45) is 0 Å². The molecule has 2 heterocycles. The summed E-state index contributed by atoms with van der Waals surface area (Å²) < 4.78 is 21.3. The zero-order valence-corrected chi connectivity index (χ0v) is 21.0. The Bertz CT molecular complexity index is 1150. The molecule has 186 valence electrons. The molecular formula is C27H34FN5O2. The summed E-state index contributed by atoms with van der Waals surface area (Å²) in [7, 11) is 3.75. The molecule has 0 atom stereocenters. The number of hydrogen-bond donors (Lipinski definition) is 0. The van der Waals surface area contributed by atoms with Crippen molar-refractivity contribution in [1.82, 2.24) is 19.6 Å². The van der Waals surface area contributed by atoms with Crippen LogP contribution in [-0.4, -0.2) is 79.0 Å². The summed E-state index contributed by atoms with van der Waals surface area (Å²) in [4.78, 5) is 19.9. The number of anilines is 1. The second-order valence-corrected chi connectivity index (χ2v) is 9.16. The molecule has 4 rings (SSSR count). The van der Waals surface area contributed by atoms with Crippen molar-refractivity contribution in [2.45, 2.75) is 20.4 Å². The van der Waals surface area contributed by atoms with Crippen molar-refractivity contribution >= 4 is 11.7 Å². The van der Waals surface area contributed by atoms with Crippen molar-refractivity contribution in [3.8, 4) is 5.69 Å². The molecular weight excluding hydrogens is 445 g/mol. The van der Waals surface area contributed by atoms with E-state index in [4.69, 9.17) is 9.84 Å². The first-order valence-electron chi connectivity index (χ1n) is 12.0. The van der Waals surface area contributed by atoms with Gasteiger partial charge in [-0.1, -0.05) is 23.8 Å². The molecule has 1 fully saturated rings. The number of nitrogens with zero attached hydrogens (tertiary/aromatic N) is 5. The summed E-state index contributed by atoms with van der Waals surface area (Å²) in [5.74, 6) is 0.558. The predicted molar refractivity (Wildman–Crippen MR) is 136 cm³/mol. The lowest BCUT2D eigenvalue weighted by molar-refractivity contribution is 0.0680. The highest BCUT2D eigenvalue weighted by atomic mass is 19.1. The summed E-state index contributed by atoms with van der Waals surface area (Å²) in [6.45, 7) is 8.72. The number of piperazine rings is 1. The number of aryl methyl sites for hydroxylation is 2. The molecule has 0 radical (unpaired) electrons.